The maximum absolute atomic E-state index is 6.20. The number of hydrogen-bond acceptors (Lipinski definition) is 2. The van der Waals surface area contributed by atoms with E-state index in [-0.39, 0.29) is 0 Å². The highest BCUT2D eigenvalue weighted by Gasteiger charge is 2.29. The predicted molar refractivity (Wildman–Crippen MR) is 99.2 cm³/mol. The molecule has 1 aliphatic carbocycles. The first-order valence-corrected chi connectivity index (χ1v) is 8.54. The number of pyridine rings is 1. The van der Waals surface area contributed by atoms with E-state index >= 15 is 0 Å². The van der Waals surface area contributed by atoms with Gasteiger partial charge in [-0.2, -0.15) is 0 Å². The summed E-state index contributed by atoms with van der Waals surface area (Å²) in [6, 6.07) is 12.5. The third-order valence-electron chi connectivity index (χ3n) is 4.61. The Morgan fingerprint density at radius 1 is 1.08 bits per heavy atom. The van der Waals surface area contributed by atoms with Crippen molar-refractivity contribution in [2.24, 2.45) is 0 Å². The Labute approximate surface area is 142 Å². The molecule has 1 fully saturated rings. The van der Waals surface area contributed by atoms with Crippen LogP contribution >= 0.6 is 0 Å². The molecule has 24 heavy (non-hydrogen) atoms. The van der Waals surface area contributed by atoms with Crippen LogP contribution in [0.3, 0.4) is 0 Å². The number of furan rings is 1. The lowest BCUT2D eigenvalue weighted by molar-refractivity contribution is 0.612. The minimum atomic E-state index is 0.595. The summed E-state index contributed by atoms with van der Waals surface area (Å²) < 4.78 is 6.20. The molecule has 2 aromatic heterocycles. The van der Waals surface area contributed by atoms with E-state index in [2.05, 4.69) is 31.4 Å². The van der Waals surface area contributed by atoms with E-state index in [4.69, 9.17) is 9.40 Å². The van der Waals surface area contributed by atoms with Crippen LogP contribution in [-0.4, -0.2) is 4.98 Å². The van der Waals surface area contributed by atoms with Gasteiger partial charge in [0.25, 0.3) is 0 Å². The van der Waals surface area contributed by atoms with Gasteiger partial charge in [0.15, 0.2) is 0 Å². The highest BCUT2D eigenvalue weighted by molar-refractivity contribution is 5.86. The molecule has 2 heteroatoms. The summed E-state index contributed by atoms with van der Waals surface area (Å²) >= 11 is 0. The second kappa shape index (κ2) is 6.12. The number of aromatic nitrogens is 1. The minimum absolute atomic E-state index is 0.595. The van der Waals surface area contributed by atoms with Crippen molar-refractivity contribution >= 4 is 11.1 Å². The van der Waals surface area contributed by atoms with E-state index in [1.807, 2.05) is 30.4 Å². The first kappa shape index (κ1) is 14.9. The van der Waals surface area contributed by atoms with Gasteiger partial charge in [-0.05, 0) is 37.3 Å². The molecule has 2 heterocycles. The van der Waals surface area contributed by atoms with Crippen molar-refractivity contribution in [1.82, 2.24) is 4.98 Å². The topological polar surface area (TPSA) is 26.0 Å². The van der Waals surface area contributed by atoms with Gasteiger partial charge in [-0.25, -0.2) is 4.98 Å². The average Bonchev–Trinajstić information content (AvgIpc) is 3.39. The average molecular weight is 315 g/mol. The van der Waals surface area contributed by atoms with Gasteiger partial charge in [-0.1, -0.05) is 42.5 Å². The summed E-state index contributed by atoms with van der Waals surface area (Å²) in [7, 11) is 0. The van der Waals surface area contributed by atoms with E-state index in [0.717, 1.165) is 35.3 Å². The summed E-state index contributed by atoms with van der Waals surface area (Å²) in [6.07, 6.45) is 7.98. The van der Waals surface area contributed by atoms with Gasteiger partial charge in [-0.3, -0.25) is 0 Å². The van der Waals surface area contributed by atoms with E-state index in [0.29, 0.717) is 5.92 Å². The summed E-state index contributed by atoms with van der Waals surface area (Å²) in [6.45, 7) is 7.81. The minimum Gasteiger partial charge on any atom is -0.437 e. The molecule has 3 aromatic rings. The number of allylic oxidation sites excluding steroid dienone is 2. The zero-order chi connectivity index (χ0) is 16.5. The molecule has 1 saturated carbocycles. The lowest BCUT2D eigenvalue weighted by Gasteiger charge is -2.06. The monoisotopic (exact) mass is 315 g/mol. The van der Waals surface area contributed by atoms with E-state index in [1.54, 1.807) is 0 Å². The van der Waals surface area contributed by atoms with Crippen molar-refractivity contribution in [3.63, 3.8) is 0 Å². The number of fused-ring (bicyclic) bond motifs is 1. The Bertz CT molecular complexity index is 901. The van der Waals surface area contributed by atoms with Crippen LogP contribution in [0.15, 0.2) is 66.1 Å². The number of rotatable bonds is 6. The van der Waals surface area contributed by atoms with Crippen LogP contribution in [0.5, 0.6) is 0 Å². The van der Waals surface area contributed by atoms with Crippen LogP contribution in [-0.2, 0) is 12.8 Å². The van der Waals surface area contributed by atoms with Crippen molar-refractivity contribution in [3.8, 4) is 11.3 Å². The van der Waals surface area contributed by atoms with Crippen LogP contribution in [0.25, 0.3) is 22.4 Å². The van der Waals surface area contributed by atoms with Crippen molar-refractivity contribution < 1.29 is 4.42 Å². The second-order valence-corrected chi connectivity index (χ2v) is 6.42. The second-order valence-electron chi connectivity index (χ2n) is 6.42. The Balaban J connectivity index is 1.95. The first-order chi connectivity index (χ1) is 11.8. The molecule has 120 valence electrons. The zero-order valence-corrected chi connectivity index (χ0v) is 13.8. The smallest absolute Gasteiger partial charge is 0.227 e. The quantitative estimate of drug-likeness (QED) is 0.535. The molecule has 0 atom stereocenters. The van der Waals surface area contributed by atoms with Crippen molar-refractivity contribution in [2.75, 3.05) is 0 Å². The Morgan fingerprint density at radius 3 is 2.50 bits per heavy atom. The lowest BCUT2D eigenvalue weighted by Crippen LogP contribution is -1.96. The highest BCUT2D eigenvalue weighted by Crippen LogP contribution is 2.43. The molecule has 1 aliphatic rings. The van der Waals surface area contributed by atoms with Crippen molar-refractivity contribution in [1.29, 1.82) is 0 Å². The third-order valence-corrected chi connectivity index (χ3v) is 4.61. The molecular weight excluding hydrogens is 294 g/mol. The molecular formula is C22H21NO. The van der Waals surface area contributed by atoms with Crippen molar-refractivity contribution in [2.45, 2.75) is 31.6 Å². The molecule has 4 rings (SSSR count). The van der Waals surface area contributed by atoms with Crippen LogP contribution < -0.4 is 0 Å². The standard InChI is InChI=1S/C22H21NO/c1-3-8-17-14-19-18(9-4-2)21(16-10-6-5-7-11-16)24-22(19)23-20(17)15-12-13-15/h3-7,10-11,14-15H,1-2,8-9,12-13H2. The SMILES string of the molecule is C=CCc1cc2c(CC=C)c(-c3ccccc3)oc2nc1C1CC1. The van der Waals surface area contributed by atoms with Crippen LogP contribution in [0, 0.1) is 0 Å². The maximum atomic E-state index is 6.20. The van der Waals surface area contributed by atoms with Gasteiger partial charge in [-0.15, -0.1) is 13.2 Å². The summed E-state index contributed by atoms with van der Waals surface area (Å²) in [5.41, 5.74) is 5.49. The fourth-order valence-electron chi connectivity index (χ4n) is 3.32. The molecule has 2 nitrogen and oxygen atoms in total. The maximum Gasteiger partial charge on any atom is 0.227 e. The zero-order valence-electron chi connectivity index (χ0n) is 13.8. The molecule has 0 spiro atoms. The molecule has 0 amide bonds. The van der Waals surface area contributed by atoms with Crippen LogP contribution in [0.2, 0.25) is 0 Å². The van der Waals surface area contributed by atoms with Gasteiger partial charge >= 0.3 is 0 Å². The fraction of sp³-hybridized carbons (Fsp3) is 0.227. The molecule has 0 radical (unpaired) electrons. The Kier molecular flexibility index (Phi) is 3.81. The summed E-state index contributed by atoms with van der Waals surface area (Å²) in [4.78, 5) is 4.90. The largest absolute Gasteiger partial charge is 0.437 e. The fourth-order valence-corrected chi connectivity index (χ4v) is 3.32. The van der Waals surface area contributed by atoms with Gasteiger partial charge in [0.1, 0.15) is 5.76 Å². The number of hydrogen-bond donors (Lipinski definition) is 0. The van der Waals surface area contributed by atoms with Gasteiger partial charge < -0.3 is 4.42 Å². The van der Waals surface area contributed by atoms with Crippen molar-refractivity contribution in [3.05, 3.63) is 78.5 Å². The van der Waals surface area contributed by atoms with E-state index < -0.39 is 0 Å². The molecule has 0 aliphatic heterocycles. The van der Waals surface area contributed by atoms with Gasteiger partial charge in [0, 0.05) is 22.4 Å². The molecule has 0 unspecified atom stereocenters. The van der Waals surface area contributed by atoms with E-state index in [9.17, 15) is 0 Å². The normalized spacial score (nSPS) is 14.0. The molecule has 0 bridgehead atoms. The van der Waals surface area contributed by atoms with Gasteiger partial charge in [0.05, 0.1) is 5.69 Å². The summed E-state index contributed by atoms with van der Waals surface area (Å²) in [5, 5.41) is 1.11. The third kappa shape index (κ3) is 2.58. The molecule has 1 aromatic carbocycles. The predicted octanol–water partition coefficient (Wildman–Crippen LogP) is 5.83. The van der Waals surface area contributed by atoms with Crippen LogP contribution in [0.1, 0.15) is 35.6 Å². The van der Waals surface area contributed by atoms with Crippen LogP contribution in [0.4, 0.5) is 0 Å². The van der Waals surface area contributed by atoms with Gasteiger partial charge in [0.2, 0.25) is 5.71 Å². The Morgan fingerprint density at radius 2 is 1.83 bits per heavy atom. The number of benzene rings is 1. The summed E-state index contributed by atoms with van der Waals surface area (Å²) in [5.74, 6) is 1.51. The Hall–Kier alpha value is -2.61. The van der Waals surface area contributed by atoms with E-state index in [1.165, 1.54) is 29.7 Å². The molecule has 0 N–H and O–H groups in total. The molecule has 0 saturated heterocycles. The lowest BCUT2D eigenvalue weighted by atomic mass is 10.00. The first-order valence-electron chi connectivity index (χ1n) is 8.54. The number of nitrogens with zero attached hydrogens (tertiary/aromatic N) is 1. The highest BCUT2D eigenvalue weighted by atomic mass is 16.3.